The first kappa shape index (κ1) is 17.2. The molecule has 0 aliphatic carbocycles. The van der Waals surface area contributed by atoms with Crippen molar-refractivity contribution in [2.45, 2.75) is 11.1 Å². The van der Waals surface area contributed by atoms with Crippen molar-refractivity contribution in [1.82, 2.24) is 10.2 Å². The van der Waals surface area contributed by atoms with E-state index in [1.165, 1.54) is 20.3 Å². The van der Waals surface area contributed by atoms with Gasteiger partial charge in [-0.25, -0.2) is 8.42 Å². The van der Waals surface area contributed by atoms with Crippen molar-refractivity contribution in [2.75, 3.05) is 18.9 Å². The molecule has 8 nitrogen and oxygen atoms in total. The van der Waals surface area contributed by atoms with Gasteiger partial charge in [0, 0.05) is 30.5 Å². The minimum Gasteiger partial charge on any atom is -0.497 e. The van der Waals surface area contributed by atoms with Crippen LogP contribution in [0.3, 0.4) is 0 Å². The standard InChI is InChI=1S/C15H15N3O5S2/c1-9-16-17-15(23-9)10-4-14(24-8-10)25(19,20)18-11-5-12(21-2)7-13(6-11)22-3/h4-8,18H,1-3H3. The van der Waals surface area contributed by atoms with Gasteiger partial charge in [-0.2, -0.15) is 0 Å². The first-order chi connectivity index (χ1) is 11.9. The molecule has 0 amide bonds. The molecule has 0 bridgehead atoms. The van der Waals surface area contributed by atoms with Crippen LogP contribution in [-0.4, -0.2) is 32.8 Å². The van der Waals surface area contributed by atoms with Gasteiger partial charge in [0.25, 0.3) is 10.0 Å². The predicted octanol–water partition coefficient (Wildman–Crippen LogP) is 2.92. The molecule has 0 saturated heterocycles. The van der Waals surface area contributed by atoms with E-state index in [-0.39, 0.29) is 10.1 Å². The summed E-state index contributed by atoms with van der Waals surface area (Å²) in [6.45, 7) is 1.66. The van der Waals surface area contributed by atoms with Gasteiger partial charge in [0.05, 0.1) is 25.5 Å². The number of nitrogens with one attached hydrogen (secondary N) is 1. The van der Waals surface area contributed by atoms with Crippen LogP contribution < -0.4 is 14.2 Å². The fourth-order valence-electron chi connectivity index (χ4n) is 2.05. The van der Waals surface area contributed by atoms with E-state index < -0.39 is 10.0 Å². The number of anilines is 1. The number of methoxy groups -OCH3 is 2. The van der Waals surface area contributed by atoms with E-state index in [1.807, 2.05) is 0 Å². The lowest BCUT2D eigenvalue weighted by Crippen LogP contribution is -2.11. The van der Waals surface area contributed by atoms with E-state index in [4.69, 9.17) is 13.9 Å². The third-order valence-corrected chi connectivity index (χ3v) is 6.04. The molecule has 2 heterocycles. The van der Waals surface area contributed by atoms with E-state index in [9.17, 15) is 8.42 Å². The van der Waals surface area contributed by atoms with Gasteiger partial charge in [-0.05, 0) is 6.07 Å². The zero-order valence-corrected chi connectivity index (χ0v) is 15.3. The Bertz CT molecular complexity index is 972. The van der Waals surface area contributed by atoms with Crippen molar-refractivity contribution >= 4 is 27.0 Å². The molecule has 0 saturated carbocycles. The Labute approximate surface area is 148 Å². The van der Waals surface area contributed by atoms with Crippen LogP contribution in [-0.2, 0) is 10.0 Å². The molecule has 0 spiro atoms. The smallest absolute Gasteiger partial charge is 0.271 e. The minimum atomic E-state index is -3.78. The van der Waals surface area contributed by atoms with E-state index in [0.717, 1.165) is 11.3 Å². The summed E-state index contributed by atoms with van der Waals surface area (Å²) in [7, 11) is -0.794. The number of thiophene rings is 1. The number of aryl methyl sites for hydroxylation is 1. The topological polar surface area (TPSA) is 104 Å². The molecule has 2 aromatic heterocycles. The van der Waals surface area contributed by atoms with E-state index in [1.54, 1.807) is 30.5 Å². The van der Waals surface area contributed by atoms with Crippen molar-refractivity contribution in [3.8, 4) is 23.0 Å². The second-order valence-electron chi connectivity index (χ2n) is 4.99. The molecular weight excluding hydrogens is 366 g/mol. The van der Waals surface area contributed by atoms with Crippen LogP contribution in [0.4, 0.5) is 5.69 Å². The van der Waals surface area contributed by atoms with E-state index >= 15 is 0 Å². The Morgan fingerprint density at radius 2 is 1.76 bits per heavy atom. The lowest BCUT2D eigenvalue weighted by molar-refractivity contribution is 0.395. The van der Waals surface area contributed by atoms with Crippen LogP contribution in [0, 0.1) is 6.92 Å². The zero-order chi connectivity index (χ0) is 18.0. The molecule has 0 aliphatic rings. The first-order valence-electron chi connectivity index (χ1n) is 7.06. The highest BCUT2D eigenvalue weighted by Crippen LogP contribution is 2.31. The molecular formula is C15H15N3O5S2. The predicted molar refractivity (Wildman–Crippen MR) is 92.7 cm³/mol. The average molecular weight is 381 g/mol. The number of aromatic nitrogens is 2. The van der Waals surface area contributed by atoms with Crippen molar-refractivity contribution in [3.63, 3.8) is 0 Å². The summed E-state index contributed by atoms with van der Waals surface area (Å²) >= 11 is 1.06. The lowest BCUT2D eigenvalue weighted by atomic mass is 10.3. The molecule has 3 rings (SSSR count). The van der Waals surface area contributed by atoms with E-state index in [0.29, 0.717) is 28.6 Å². The van der Waals surface area contributed by atoms with Gasteiger partial charge >= 0.3 is 0 Å². The molecule has 0 aliphatic heterocycles. The third kappa shape index (κ3) is 3.74. The molecule has 10 heteroatoms. The Balaban J connectivity index is 1.89. The molecule has 1 aromatic carbocycles. The second-order valence-corrected chi connectivity index (χ2v) is 7.81. The Hall–Kier alpha value is -2.59. The maximum Gasteiger partial charge on any atom is 0.271 e. The quantitative estimate of drug-likeness (QED) is 0.700. The monoisotopic (exact) mass is 381 g/mol. The second kappa shape index (κ2) is 6.73. The van der Waals surface area contributed by atoms with Crippen LogP contribution in [0.2, 0.25) is 0 Å². The third-order valence-electron chi connectivity index (χ3n) is 3.22. The highest BCUT2D eigenvalue weighted by molar-refractivity contribution is 7.94. The van der Waals surface area contributed by atoms with Gasteiger partial charge < -0.3 is 13.9 Å². The van der Waals surface area contributed by atoms with Crippen molar-refractivity contribution < 1.29 is 22.3 Å². The van der Waals surface area contributed by atoms with Crippen LogP contribution in [0.15, 0.2) is 38.3 Å². The van der Waals surface area contributed by atoms with Gasteiger partial charge in [0.15, 0.2) is 0 Å². The first-order valence-corrected chi connectivity index (χ1v) is 9.42. The fourth-order valence-corrected chi connectivity index (χ4v) is 4.25. The number of sulfonamides is 1. The van der Waals surface area contributed by atoms with Gasteiger partial charge in [-0.15, -0.1) is 21.5 Å². The van der Waals surface area contributed by atoms with Crippen LogP contribution >= 0.6 is 11.3 Å². The van der Waals surface area contributed by atoms with Gasteiger partial charge in [-0.1, -0.05) is 0 Å². The molecule has 3 aromatic rings. The van der Waals surface area contributed by atoms with Gasteiger partial charge in [-0.3, -0.25) is 4.72 Å². The number of ether oxygens (including phenoxy) is 2. The summed E-state index contributed by atoms with van der Waals surface area (Å²) in [5.41, 5.74) is 0.883. The Morgan fingerprint density at radius 1 is 1.08 bits per heavy atom. The van der Waals surface area contributed by atoms with Crippen molar-refractivity contribution in [1.29, 1.82) is 0 Å². The maximum atomic E-state index is 12.6. The SMILES string of the molecule is COc1cc(NS(=O)(=O)c2cc(-c3nnc(C)o3)cs2)cc(OC)c1. The number of benzene rings is 1. The largest absolute Gasteiger partial charge is 0.497 e. The van der Waals surface area contributed by atoms with Gasteiger partial charge in [0.2, 0.25) is 11.8 Å². The highest BCUT2D eigenvalue weighted by atomic mass is 32.2. The Morgan fingerprint density at radius 3 is 2.32 bits per heavy atom. The summed E-state index contributed by atoms with van der Waals surface area (Å²) in [5.74, 6) is 1.64. The van der Waals surface area contributed by atoms with Crippen molar-refractivity contribution in [3.05, 3.63) is 35.5 Å². The average Bonchev–Trinajstić information content (AvgIpc) is 3.23. The Kier molecular flexibility index (Phi) is 4.64. The molecule has 0 fully saturated rings. The number of hydrogen-bond donors (Lipinski definition) is 1. The van der Waals surface area contributed by atoms with Crippen LogP contribution in [0.25, 0.3) is 11.5 Å². The highest BCUT2D eigenvalue weighted by Gasteiger charge is 2.20. The molecule has 0 unspecified atom stereocenters. The maximum absolute atomic E-state index is 12.6. The molecule has 25 heavy (non-hydrogen) atoms. The van der Waals surface area contributed by atoms with E-state index in [2.05, 4.69) is 14.9 Å². The summed E-state index contributed by atoms with van der Waals surface area (Å²) in [6.07, 6.45) is 0. The van der Waals surface area contributed by atoms with Crippen LogP contribution in [0.1, 0.15) is 5.89 Å². The minimum absolute atomic E-state index is 0.125. The summed E-state index contributed by atoms with van der Waals surface area (Å²) < 4.78 is 43.4. The van der Waals surface area contributed by atoms with Crippen molar-refractivity contribution in [2.24, 2.45) is 0 Å². The normalized spacial score (nSPS) is 11.3. The molecule has 0 radical (unpaired) electrons. The summed E-state index contributed by atoms with van der Waals surface area (Å²) in [4.78, 5) is 0. The molecule has 0 atom stereocenters. The summed E-state index contributed by atoms with van der Waals surface area (Å²) in [5, 5.41) is 9.26. The van der Waals surface area contributed by atoms with Gasteiger partial charge in [0.1, 0.15) is 15.7 Å². The zero-order valence-electron chi connectivity index (χ0n) is 13.6. The number of rotatable bonds is 6. The van der Waals surface area contributed by atoms with Crippen LogP contribution in [0.5, 0.6) is 11.5 Å². The number of nitrogens with zero attached hydrogens (tertiary/aromatic N) is 2. The molecule has 132 valence electrons. The fraction of sp³-hybridized carbons (Fsp3) is 0.200. The summed E-state index contributed by atoms with van der Waals surface area (Å²) in [6, 6.07) is 6.27. The number of hydrogen-bond acceptors (Lipinski definition) is 8. The lowest BCUT2D eigenvalue weighted by Gasteiger charge is -2.10. The molecule has 1 N–H and O–H groups in total.